The lowest BCUT2D eigenvalue weighted by Gasteiger charge is -2.45. The van der Waals surface area contributed by atoms with E-state index in [0.29, 0.717) is 19.6 Å². The summed E-state index contributed by atoms with van der Waals surface area (Å²) in [7, 11) is 0. The highest BCUT2D eigenvalue weighted by Gasteiger charge is 2.39. The normalized spacial score (nSPS) is 15.2. The highest BCUT2D eigenvalue weighted by Crippen LogP contribution is 2.26. The lowest BCUT2D eigenvalue weighted by atomic mass is 9.85. The second-order valence-corrected chi connectivity index (χ2v) is 7.93. The summed E-state index contributed by atoms with van der Waals surface area (Å²) in [6.07, 6.45) is 0. The average Bonchev–Trinajstić information content (AvgIpc) is 2.89. The Hall–Kier alpha value is -1.92. The largest absolute Gasteiger partial charge is 0.390 e. The van der Waals surface area contributed by atoms with Crippen LogP contribution in [0.1, 0.15) is 24.4 Å². The van der Waals surface area contributed by atoms with E-state index in [0.717, 1.165) is 21.8 Å². The van der Waals surface area contributed by atoms with E-state index in [9.17, 15) is 9.90 Å². The molecule has 0 aliphatic carbocycles. The van der Waals surface area contributed by atoms with E-state index in [2.05, 4.69) is 15.7 Å². The molecule has 0 unspecified atom stereocenters. The van der Waals surface area contributed by atoms with Crippen LogP contribution in [-0.2, 0) is 6.54 Å². The molecule has 2 amide bonds. The predicted octanol–water partition coefficient (Wildman–Crippen LogP) is 3.03. The minimum Gasteiger partial charge on any atom is -0.390 e. The van der Waals surface area contributed by atoms with Crippen molar-refractivity contribution in [1.29, 1.82) is 0 Å². The van der Waals surface area contributed by atoms with Gasteiger partial charge in [0.05, 0.1) is 16.3 Å². The molecule has 2 aromatic rings. The van der Waals surface area contributed by atoms with Crippen LogP contribution < -0.4 is 5.32 Å². The van der Waals surface area contributed by atoms with E-state index < -0.39 is 5.60 Å². The standard InChI is InChI=1S/C18H23N3O2S/c1-12-20-16(11-24-12)14-6-4-13(5-7-14)8-19-17(22)21-9-15(10-21)18(2,3)23/h4-7,11,15,23H,8-10H2,1-3H3,(H,19,22). The number of thiazole rings is 1. The first-order valence-corrected chi connectivity index (χ1v) is 8.97. The number of rotatable bonds is 4. The first-order chi connectivity index (χ1) is 11.3. The van der Waals surface area contributed by atoms with Crippen molar-refractivity contribution in [1.82, 2.24) is 15.2 Å². The van der Waals surface area contributed by atoms with Gasteiger partial charge in [0, 0.05) is 36.5 Å². The third-order valence-electron chi connectivity index (χ3n) is 4.48. The van der Waals surface area contributed by atoms with Gasteiger partial charge in [0.15, 0.2) is 0 Å². The third kappa shape index (κ3) is 3.76. The van der Waals surface area contributed by atoms with Crippen LogP contribution >= 0.6 is 11.3 Å². The van der Waals surface area contributed by atoms with E-state index in [1.165, 1.54) is 0 Å². The van der Waals surface area contributed by atoms with Gasteiger partial charge in [0.25, 0.3) is 0 Å². The zero-order chi connectivity index (χ0) is 17.3. The van der Waals surface area contributed by atoms with E-state index in [-0.39, 0.29) is 11.9 Å². The molecule has 128 valence electrons. The van der Waals surface area contributed by atoms with Gasteiger partial charge in [0.1, 0.15) is 0 Å². The Bertz CT molecular complexity index is 713. The van der Waals surface area contributed by atoms with Gasteiger partial charge < -0.3 is 15.3 Å². The highest BCUT2D eigenvalue weighted by atomic mass is 32.1. The number of urea groups is 1. The number of likely N-dealkylation sites (tertiary alicyclic amines) is 1. The number of aromatic nitrogens is 1. The van der Waals surface area contributed by atoms with Gasteiger partial charge in [0.2, 0.25) is 0 Å². The van der Waals surface area contributed by atoms with Gasteiger partial charge in [-0.3, -0.25) is 0 Å². The van der Waals surface area contributed by atoms with Crippen LogP contribution in [-0.4, -0.2) is 39.7 Å². The number of amides is 2. The smallest absolute Gasteiger partial charge is 0.317 e. The van der Waals surface area contributed by atoms with Crippen molar-refractivity contribution in [3.8, 4) is 11.3 Å². The molecule has 1 aromatic carbocycles. The number of carbonyl (C=O) groups excluding carboxylic acids is 1. The van der Waals surface area contributed by atoms with Gasteiger partial charge in [-0.25, -0.2) is 9.78 Å². The highest BCUT2D eigenvalue weighted by molar-refractivity contribution is 7.09. The number of carbonyl (C=O) groups is 1. The van der Waals surface area contributed by atoms with E-state index in [1.54, 1.807) is 30.1 Å². The number of aryl methyl sites for hydroxylation is 1. The quantitative estimate of drug-likeness (QED) is 0.895. The van der Waals surface area contributed by atoms with Crippen molar-refractivity contribution in [2.45, 2.75) is 32.9 Å². The molecule has 1 fully saturated rings. The monoisotopic (exact) mass is 345 g/mol. The second kappa shape index (κ2) is 6.53. The Morgan fingerprint density at radius 1 is 1.38 bits per heavy atom. The van der Waals surface area contributed by atoms with Crippen molar-refractivity contribution < 1.29 is 9.90 Å². The molecular formula is C18H23N3O2S. The fourth-order valence-electron chi connectivity index (χ4n) is 2.67. The molecule has 2 N–H and O–H groups in total. The minimum absolute atomic E-state index is 0.0743. The molecule has 0 atom stereocenters. The van der Waals surface area contributed by atoms with Gasteiger partial charge in [-0.2, -0.15) is 0 Å². The van der Waals surface area contributed by atoms with Crippen molar-refractivity contribution in [3.05, 3.63) is 40.2 Å². The molecule has 0 spiro atoms. The number of hydrogen-bond donors (Lipinski definition) is 2. The van der Waals surface area contributed by atoms with E-state index >= 15 is 0 Å². The minimum atomic E-state index is -0.722. The summed E-state index contributed by atoms with van der Waals surface area (Å²) >= 11 is 1.64. The fraction of sp³-hybridized carbons (Fsp3) is 0.444. The van der Waals surface area contributed by atoms with E-state index in [1.807, 2.05) is 31.2 Å². The molecule has 0 bridgehead atoms. The number of nitrogens with zero attached hydrogens (tertiary/aromatic N) is 2. The maximum atomic E-state index is 12.1. The summed E-state index contributed by atoms with van der Waals surface area (Å²) in [5.74, 6) is 0.157. The second-order valence-electron chi connectivity index (χ2n) is 6.86. The summed E-state index contributed by atoms with van der Waals surface area (Å²) in [5, 5.41) is 15.9. The molecular weight excluding hydrogens is 322 g/mol. The number of nitrogens with one attached hydrogen (secondary N) is 1. The summed E-state index contributed by atoms with van der Waals surface area (Å²) in [6.45, 7) is 7.29. The van der Waals surface area contributed by atoms with E-state index in [4.69, 9.17) is 0 Å². The van der Waals surface area contributed by atoms with Crippen LogP contribution in [0.5, 0.6) is 0 Å². The summed E-state index contributed by atoms with van der Waals surface area (Å²) in [5.41, 5.74) is 2.41. The maximum Gasteiger partial charge on any atom is 0.317 e. The molecule has 2 heterocycles. The Balaban J connectivity index is 1.50. The van der Waals surface area contributed by atoms with Crippen molar-refractivity contribution in [2.75, 3.05) is 13.1 Å². The van der Waals surface area contributed by atoms with Crippen LogP contribution in [0.4, 0.5) is 4.79 Å². The van der Waals surface area contributed by atoms with Crippen LogP contribution in [0.3, 0.4) is 0 Å². The molecule has 1 aliphatic rings. The van der Waals surface area contributed by atoms with Crippen LogP contribution in [0.2, 0.25) is 0 Å². The van der Waals surface area contributed by atoms with Crippen LogP contribution in [0.25, 0.3) is 11.3 Å². The average molecular weight is 345 g/mol. The van der Waals surface area contributed by atoms with Crippen molar-refractivity contribution in [3.63, 3.8) is 0 Å². The third-order valence-corrected chi connectivity index (χ3v) is 5.25. The Morgan fingerprint density at radius 3 is 2.58 bits per heavy atom. The van der Waals surface area contributed by atoms with Crippen molar-refractivity contribution >= 4 is 17.4 Å². The topological polar surface area (TPSA) is 65.5 Å². The number of aliphatic hydroxyl groups is 1. The van der Waals surface area contributed by atoms with Gasteiger partial charge in [-0.1, -0.05) is 24.3 Å². The zero-order valence-corrected chi connectivity index (χ0v) is 15.1. The number of hydrogen-bond acceptors (Lipinski definition) is 4. The van der Waals surface area contributed by atoms with Gasteiger partial charge in [-0.05, 0) is 26.3 Å². The molecule has 0 radical (unpaired) electrons. The molecule has 1 aliphatic heterocycles. The molecule has 0 saturated carbocycles. The predicted molar refractivity (Wildman–Crippen MR) is 95.9 cm³/mol. The number of benzene rings is 1. The first-order valence-electron chi connectivity index (χ1n) is 8.09. The lowest BCUT2D eigenvalue weighted by molar-refractivity contribution is -0.0457. The van der Waals surface area contributed by atoms with Gasteiger partial charge in [-0.15, -0.1) is 11.3 Å². The Labute approximate surface area is 146 Å². The van der Waals surface area contributed by atoms with Crippen LogP contribution in [0.15, 0.2) is 29.6 Å². The fourth-order valence-corrected chi connectivity index (χ4v) is 3.29. The lowest BCUT2D eigenvalue weighted by Crippen LogP contribution is -2.59. The van der Waals surface area contributed by atoms with Crippen LogP contribution in [0, 0.1) is 12.8 Å². The zero-order valence-electron chi connectivity index (χ0n) is 14.2. The summed E-state index contributed by atoms with van der Waals surface area (Å²) < 4.78 is 0. The Kier molecular flexibility index (Phi) is 4.60. The molecule has 1 aromatic heterocycles. The Morgan fingerprint density at radius 2 is 2.04 bits per heavy atom. The molecule has 3 rings (SSSR count). The summed E-state index contributed by atoms with van der Waals surface area (Å²) in [6, 6.07) is 8.02. The van der Waals surface area contributed by atoms with Crippen molar-refractivity contribution in [2.24, 2.45) is 5.92 Å². The molecule has 6 heteroatoms. The molecule has 24 heavy (non-hydrogen) atoms. The SMILES string of the molecule is Cc1nc(-c2ccc(CNC(=O)N3CC(C(C)(C)O)C3)cc2)cs1. The van der Waals surface area contributed by atoms with Gasteiger partial charge >= 0.3 is 6.03 Å². The summed E-state index contributed by atoms with van der Waals surface area (Å²) in [4.78, 5) is 18.3. The molecule has 5 nitrogen and oxygen atoms in total. The first kappa shape index (κ1) is 16.9. The maximum absolute atomic E-state index is 12.1. The molecule has 1 saturated heterocycles.